The fourth-order valence-corrected chi connectivity index (χ4v) is 4.74. The highest BCUT2D eigenvalue weighted by Gasteiger charge is 2.56. The van der Waals surface area contributed by atoms with Crippen molar-refractivity contribution in [2.75, 3.05) is 13.2 Å². The molecule has 1 aliphatic heterocycles. The molecule has 1 heterocycles. The van der Waals surface area contributed by atoms with Crippen LogP contribution in [0.2, 0.25) is 0 Å². The van der Waals surface area contributed by atoms with Crippen molar-refractivity contribution in [1.82, 2.24) is 0 Å². The molecule has 0 aromatic heterocycles. The van der Waals surface area contributed by atoms with E-state index in [0.29, 0.717) is 10.8 Å². The van der Waals surface area contributed by atoms with Crippen LogP contribution in [-0.2, 0) is 9.47 Å². The summed E-state index contributed by atoms with van der Waals surface area (Å²) in [5, 5.41) is 0. The van der Waals surface area contributed by atoms with Crippen LogP contribution in [-0.4, -0.2) is 19.0 Å². The molecule has 0 N–H and O–H groups in total. The molecule has 2 aliphatic carbocycles. The first kappa shape index (κ1) is 10.8. The number of ether oxygens (including phenoxy) is 2. The second-order valence-electron chi connectivity index (χ2n) is 6.86. The van der Waals surface area contributed by atoms with Gasteiger partial charge in [0.25, 0.3) is 0 Å². The fraction of sp³-hybridized carbons (Fsp3) is 0.857. The van der Waals surface area contributed by atoms with E-state index in [1.54, 1.807) is 0 Å². The molecule has 2 atom stereocenters. The van der Waals surface area contributed by atoms with Crippen LogP contribution in [0.5, 0.6) is 0 Å². The molecule has 1 spiro atoms. The molecule has 2 nitrogen and oxygen atoms in total. The monoisotopic (exact) mass is 222 g/mol. The van der Waals surface area contributed by atoms with Crippen molar-refractivity contribution in [1.29, 1.82) is 0 Å². The fourth-order valence-electron chi connectivity index (χ4n) is 4.74. The van der Waals surface area contributed by atoms with Crippen LogP contribution in [0.15, 0.2) is 12.2 Å². The van der Waals surface area contributed by atoms with Crippen molar-refractivity contribution in [2.45, 2.75) is 51.7 Å². The zero-order valence-corrected chi connectivity index (χ0v) is 10.5. The molecule has 2 unspecified atom stereocenters. The van der Waals surface area contributed by atoms with Gasteiger partial charge in [-0.1, -0.05) is 26.0 Å². The Bertz CT molecular complexity index is 306. The van der Waals surface area contributed by atoms with Gasteiger partial charge < -0.3 is 9.47 Å². The number of rotatable bonds is 0. The third kappa shape index (κ3) is 1.63. The van der Waals surface area contributed by atoms with Crippen LogP contribution in [0, 0.1) is 10.8 Å². The number of fused-ring (bicyclic) bond motifs is 2. The van der Waals surface area contributed by atoms with E-state index >= 15 is 0 Å². The van der Waals surface area contributed by atoms with Crippen molar-refractivity contribution in [3.8, 4) is 0 Å². The van der Waals surface area contributed by atoms with Crippen LogP contribution in [0.4, 0.5) is 0 Å². The highest BCUT2D eigenvalue weighted by molar-refractivity contribution is 5.14. The topological polar surface area (TPSA) is 18.5 Å². The first-order valence-corrected chi connectivity index (χ1v) is 6.37. The standard InChI is InChI=1S/C14H22O2/c1-11-6-12(2)8-13(3,7-11)10-14(9-12)15-4-5-16-14/h1,4-10H2,2-3H3. The molecule has 1 saturated heterocycles. The molecule has 2 saturated carbocycles. The van der Waals surface area contributed by atoms with Gasteiger partial charge in [-0.2, -0.15) is 0 Å². The third-order valence-electron chi connectivity index (χ3n) is 4.41. The lowest BCUT2D eigenvalue weighted by molar-refractivity contribution is -0.231. The molecule has 3 aliphatic rings. The molecule has 90 valence electrons. The summed E-state index contributed by atoms with van der Waals surface area (Å²) in [6, 6.07) is 0. The Balaban J connectivity index is 1.93. The largest absolute Gasteiger partial charge is 0.347 e. The average molecular weight is 222 g/mol. The van der Waals surface area contributed by atoms with Crippen LogP contribution in [0.1, 0.15) is 46.0 Å². The number of hydrogen-bond donors (Lipinski definition) is 0. The SMILES string of the molecule is C=C1CC2(C)CC(C)(C1)CC1(C2)OCCO1. The molecule has 0 amide bonds. The van der Waals surface area contributed by atoms with Gasteiger partial charge in [0.1, 0.15) is 0 Å². The number of hydrogen-bond acceptors (Lipinski definition) is 2. The Morgan fingerprint density at radius 1 is 0.938 bits per heavy atom. The molecule has 0 aromatic rings. The molecule has 2 bridgehead atoms. The van der Waals surface area contributed by atoms with Gasteiger partial charge in [-0.25, -0.2) is 0 Å². The molecule has 0 aromatic carbocycles. The van der Waals surface area contributed by atoms with Crippen LogP contribution >= 0.6 is 0 Å². The predicted molar refractivity (Wildman–Crippen MR) is 63.1 cm³/mol. The highest BCUT2D eigenvalue weighted by Crippen LogP contribution is 2.61. The average Bonchev–Trinajstić information content (AvgIpc) is 2.45. The summed E-state index contributed by atoms with van der Waals surface area (Å²) < 4.78 is 11.9. The van der Waals surface area contributed by atoms with E-state index in [1.807, 2.05) is 0 Å². The Morgan fingerprint density at radius 3 is 1.94 bits per heavy atom. The van der Waals surface area contributed by atoms with Gasteiger partial charge in [0.2, 0.25) is 0 Å². The van der Waals surface area contributed by atoms with E-state index in [4.69, 9.17) is 9.47 Å². The smallest absolute Gasteiger partial charge is 0.169 e. The Kier molecular flexibility index (Phi) is 2.10. The summed E-state index contributed by atoms with van der Waals surface area (Å²) in [7, 11) is 0. The minimum atomic E-state index is -0.261. The minimum absolute atomic E-state index is 0.261. The molecular weight excluding hydrogens is 200 g/mol. The summed E-state index contributed by atoms with van der Waals surface area (Å²) in [5.41, 5.74) is 2.10. The number of allylic oxidation sites excluding steroid dienone is 1. The van der Waals surface area contributed by atoms with E-state index in [0.717, 1.165) is 38.9 Å². The van der Waals surface area contributed by atoms with E-state index < -0.39 is 0 Å². The maximum absolute atomic E-state index is 5.93. The second kappa shape index (κ2) is 3.11. The van der Waals surface area contributed by atoms with Gasteiger partial charge in [0.05, 0.1) is 13.2 Å². The zero-order chi connectivity index (χ0) is 11.4. The van der Waals surface area contributed by atoms with Gasteiger partial charge in [-0.15, -0.1) is 0 Å². The van der Waals surface area contributed by atoms with E-state index in [-0.39, 0.29) is 5.79 Å². The maximum atomic E-state index is 5.93. The van der Waals surface area contributed by atoms with Crippen molar-refractivity contribution >= 4 is 0 Å². The van der Waals surface area contributed by atoms with Crippen LogP contribution in [0.3, 0.4) is 0 Å². The molecule has 3 rings (SSSR count). The second-order valence-corrected chi connectivity index (χ2v) is 6.86. The third-order valence-corrected chi connectivity index (χ3v) is 4.41. The Hall–Kier alpha value is -0.340. The van der Waals surface area contributed by atoms with Gasteiger partial charge in [-0.3, -0.25) is 0 Å². The van der Waals surface area contributed by atoms with Crippen molar-refractivity contribution < 1.29 is 9.47 Å². The summed E-state index contributed by atoms with van der Waals surface area (Å²) in [4.78, 5) is 0. The lowest BCUT2D eigenvalue weighted by Gasteiger charge is -2.55. The molecule has 16 heavy (non-hydrogen) atoms. The van der Waals surface area contributed by atoms with Crippen LogP contribution in [0.25, 0.3) is 0 Å². The predicted octanol–water partition coefficient (Wildman–Crippen LogP) is 3.28. The van der Waals surface area contributed by atoms with Crippen molar-refractivity contribution in [3.63, 3.8) is 0 Å². The normalized spacial score (nSPS) is 46.2. The van der Waals surface area contributed by atoms with E-state index in [9.17, 15) is 0 Å². The molecule has 0 radical (unpaired) electrons. The molecular formula is C14H22O2. The summed E-state index contributed by atoms with van der Waals surface area (Å²) >= 11 is 0. The van der Waals surface area contributed by atoms with E-state index in [2.05, 4.69) is 20.4 Å². The summed E-state index contributed by atoms with van der Waals surface area (Å²) in [5.74, 6) is -0.261. The van der Waals surface area contributed by atoms with Gasteiger partial charge in [-0.05, 0) is 30.1 Å². The molecule has 2 heteroatoms. The summed E-state index contributed by atoms with van der Waals surface area (Å²) in [6.45, 7) is 10.5. The quantitative estimate of drug-likeness (QED) is 0.586. The molecule has 3 fully saturated rings. The van der Waals surface area contributed by atoms with Gasteiger partial charge in [0, 0.05) is 12.8 Å². The van der Waals surface area contributed by atoms with E-state index in [1.165, 1.54) is 12.0 Å². The maximum Gasteiger partial charge on any atom is 0.169 e. The van der Waals surface area contributed by atoms with Crippen molar-refractivity contribution in [3.05, 3.63) is 12.2 Å². The Labute approximate surface area is 98.0 Å². The summed E-state index contributed by atoms with van der Waals surface area (Å²) in [6.07, 6.45) is 5.70. The first-order valence-electron chi connectivity index (χ1n) is 6.37. The lowest BCUT2D eigenvalue weighted by Crippen LogP contribution is -2.51. The van der Waals surface area contributed by atoms with Crippen molar-refractivity contribution in [2.24, 2.45) is 10.8 Å². The minimum Gasteiger partial charge on any atom is -0.347 e. The first-order chi connectivity index (χ1) is 7.43. The Morgan fingerprint density at radius 2 is 1.44 bits per heavy atom. The zero-order valence-electron chi connectivity index (χ0n) is 10.5. The van der Waals surface area contributed by atoms with Gasteiger partial charge in [0.15, 0.2) is 5.79 Å². The highest BCUT2D eigenvalue weighted by atomic mass is 16.7. The lowest BCUT2D eigenvalue weighted by atomic mass is 9.53. The van der Waals surface area contributed by atoms with Gasteiger partial charge >= 0.3 is 0 Å². The van der Waals surface area contributed by atoms with Crippen LogP contribution < -0.4 is 0 Å².